The highest BCUT2D eigenvalue weighted by atomic mass is 28.3. The predicted molar refractivity (Wildman–Crippen MR) is 474 cm³/mol. The molecule has 0 radical (unpaired) electrons. The van der Waals surface area contributed by atoms with Gasteiger partial charge in [0.2, 0.25) is 0 Å². The summed E-state index contributed by atoms with van der Waals surface area (Å²) in [6, 6.07) is 125. The quantitative estimate of drug-likeness (QED) is 0.0944. The summed E-state index contributed by atoms with van der Waals surface area (Å²) in [6.45, 7) is 35.2. The molecule has 17 rings (SSSR count). The number of hydrogen-bond acceptors (Lipinski definition) is 2. The number of hydrogen-bond donors (Lipinski definition) is 0. The molecule has 0 saturated heterocycles. The van der Waals surface area contributed by atoms with Gasteiger partial charge in [-0.05, 0) is 193 Å². The molecule has 536 valence electrons. The van der Waals surface area contributed by atoms with Crippen LogP contribution in [-0.4, -0.2) is 19.4 Å². The number of fused-ring (bicyclic) bond motifs is 7. The normalized spacial score (nSPS) is 13.2. The van der Waals surface area contributed by atoms with E-state index in [0.717, 1.165) is 45.3 Å². The smallest absolute Gasteiger partial charge is 0.252 e. The summed E-state index contributed by atoms with van der Waals surface area (Å²) in [5, 5.41) is 7.86. The van der Waals surface area contributed by atoms with E-state index in [1.165, 1.54) is 126 Å². The maximum atomic E-state index is 2.77. The maximum Gasteiger partial charge on any atom is 0.252 e. The second kappa shape index (κ2) is 26.6. The molecule has 2 aliphatic heterocycles. The second-order valence-corrected chi connectivity index (χ2v) is 39.6. The monoisotopic (exact) mass is 1430 g/mol. The van der Waals surface area contributed by atoms with E-state index in [0.29, 0.717) is 0 Å². The summed E-state index contributed by atoms with van der Waals surface area (Å²) in [5.74, 6) is 0. The largest absolute Gasteiger partial charge is 0.310 e. The molecule has 109 heavy (non-hydrogen) atoms. The van der Waals surface area contributed by atoms with Crippen molar-refractivity contribution in [2.24, 2.45) is 0 Å². The highest BCUT2D eigenvalue weighted by molar-refractivity contribution is 7.20. The SMILES string of the molecule is CC(C)(C)c1cc(-c2ccccc2)c(N2c3ccc([Si](c4ccccc4)(c4ccccc4)c4ccccc4)cc3B3c4ccc(-n5c6ccc(C(C)(C)C)cc6c6cc(C(C)(C)C)ccc65)cc4N(c4c(-c5ccccc5)cc(C(C)(C)C)cc4-c4ccccc4)c4cc(C(C)(C)C)cc2c43)c(-c2ccccc2)c1. The van der Waals surface area contributed by atoms with Gasteiger partial charge in [-0.15, -0.1) is 0 Å². The minimum absolute atomic E-state index is 0.0660. The molecule has 0 N–H and O–H groups in total. The van der Waals surface area contributed by atoms with Gasteiger partial charge in [-0.1, -0.05) is 347 Å². The molecule has 0 bridgehead atoms. The van der Waals surface area contributed by atoms with Crippen LogP contribution < -0.4 is 46.9 Å². The van der Waals surface area contributed by atoms with E-state index in [1.54, 1.807) is 0 Å². The van der Waals surface area contributed by atoms with Crippen molar-refractivity contribution in [2.45, 2.75) is 131 Å². The van der Waals surface area contributed by atoms with Crippen LogP contribution >= 0.6 is 0 Å². The van der Waals surface area contributed by atoms with Crippen molar-refractivity contribution in [3.63, 3.8) is 0 Å². The molecule has 1 aromatic heterocycles. The second-order valence-electron chi connectivity index (χ2n) is 35.8. The Bertz CT molecular complexity index is 5680. The van der Waals surface area contributed by atoms with Crippen molar-refractivity contribution in [3.05, 3.63) is 349 Å². The molecule has 0 amide bonds. The maximum absolute atomic E-state index is 3.21. The zero-order valence-electron chi connectivity index (χ0n) is 66.0. The van der Waals surface area contributed by atoms with E-state index >= 15 is 0 Å². The third kappa shape index (κ3) is 12.2. The van der Waals surface area contributed by atoms with Crippen LogP contribution in [0.1, 0.15) is 132 Å². The van der Waals surface area contributed by atoms with Gasteiger partial charge in [0.15, 0.2) is 8.07 Å². The number of anilines is 6. The standard InChI is InChI=1S/C104H98BN3Si/c1-100(2,3)73-51-56-91-87(59-73)88-60-74(101(4,5)6)52-57-92(88)106(91)78-53-55-89-94(67-78)108(99-85(71-41-27-18-28-42-71)63-76(103(10,11)12)64-86(99)72-43-29-19-30-44-72)96-66-77(104(13,14)15)65-95-97(96)105(89)90-68-82(109(79-45-31-20-32-46-79,80-47-33-21-34-48-80)81-49-35-22-36-50-81)54-58-93(90)107(95)98-83(69-37-23-16-24-38-69)61-75(102(7,8)9)62-84(98)70-39-25-17-26-40-70/h16-68H,1-15H3. The lowest BCUT2D eigenvalue weighted by atomic mass is 9.33. The molecular weight excluding hydrogens is 1330 g/mol. The fourth-order valence-electron chi connectivity index (χ4n) is 17.5. The van der Waals surface area contributed by atoms with Gasteiger partial charge < -0.3 is 14.4 Å². The van der Waals surface area contributed by atoms with E-state index in [1.807, 2.05) is 0 Å². The fraction of sp³-hybridized carbons (Fsp3) is 0.192. The summed E-state index contributed by atoms with van der Waals surface area (Å²) >= 11 is 0. The molecule has 2 aliphatic rings. The van der Waals surface area contributed by atoms with E-state index < -0.39 is 8.07 Å². The molecule has 15 aromatic rings. The molecule has 0 aliphatic carbocycles. The lowest BCUT2D eigenvalue weighted by Gasteiger charge is -2.47. The highest BCUT2D eigenvalue weighted by Gasteiger charge is 2.49. The van der Waals surface area contributed by atoms with Crippen LogP contribution in [0, 0.1) is 0 Å². The van der Waals surface area contributed by atoms with Crippen LogP contribution in [0.5, 0.6) is 0 Å². The summed E-state index contributed by atoms with van der Waals surface area (Å²) in [4.78, 5) is 5.52. The first-order valence-electron chi connectivity index (χ1n) is 39.2. The topological polar surface area (TPSA) is 11.4 Å². The molecule has 0 spiro atoms. The van der Waals surface area contributed by atoms with Crippen molar-refractivity contribution in [2.75, 3.05) is 9.80 Å². The zero-order valence-corrected chi connectivity index (χ0v) is 67.0. The number of rotatable bonds is 11. The third-order valence-electron chi connectivity index (χ3n) is 23.5. The number of benzene rings is 14. The Balaban J connectivity index is 1.09. The van der Waals surface area contributed by atoms with Crippen LogP contribution in [0.2, 0.25) is 0 Å². The van der Waals surface area contributed by atoms with E-state index in [4.69, 9.17) is 0 Å². The summed E-state index contributed by atoms with van der Waals surface area (Å²) in [5.41, 5.74) is 29.1. The Morgan fingerprint density at radius 2 is 0.578 bits per heavy atom. The van der Waals surface area contributed by atoms with Gasteiger partial charge >= 0.3 is 0 Å². The van der Waals surface area contributed by atoms with Crippen LogP contribution in [0.3, 0.4) is 0 Å². The van der Waals surface area contributed by atoms with Gasteiger partial charge in [0.05, 0.1) is 22.4 Å². The van der Waals surface area contributed by atoms with E-state index in [2.05, 4.69) is 440 Å². The first-order valence-corrected chi connectivity index (χ1v) is 41.2. The van der Waals surface area contributed by atoms with Gasteiger partial charge in [0.25, 0.3) is 6.71 Å². The molecule has 0 unspecified atom stereocenters. The minimum atomic E-state index is -3.21. The lowest BCUT2D eigenvalue weighted by molar-refractivity contribution is 0.590. The van der Waals surface area contributed by atoms with Crippen LogP contribution in [0.15, 0.2) is 322 Å². The first kappa shape index (κ1) is 70.7. The molecule has 3 nitrogen and oxygen atoms in total. The van der Waals surface area contributed by atoms with Gasteiger partial charge in [0, 0.05) is 61.5 Å². The number of aromatic nitrogens is 1. The van der Waals surface area contributed by atoms with Gasteiger partial charge in [0.1, 0.15) is 0 Å². The predicted octanol–water partition coefficient (Wildman–Crippen LogP) is 23.4. The van der Waals surface area contributed by atoms with Crippen LogP contribution in [0.25, 0.3) is 72.0 Å². The molecule has 14 aromatic carbocycles. The van der Waals surface area contributed by atoms with E-state index in [9.17, 15) is 0 Å². The Kier molecular flexibility index (Phi) is 17.2. The number of nitrogens with zero attached hydrogens (tertiary/aromatic N) is 3. The Hall–Kier alpha value is -11.2. The minimum Gasteiger partial charge on any atom is -0.310 e. The summed E-state index contributed by atoms with van der Waals surface area (Å²) in [6.07, 6.45) is 0. The van der Waals surface area contributed by atoms with E-state index in [-0.39, 0.29) is 33.8 Å². The highest BCUT2D eigenvalue weighted by Crippen LogP contribution is 2.55. The van der Waals surface area contributed by atoms with Crippen molar-refractivity contribution in [1.82, 2.24) is 4.57 Å². The Morgan fingerprint density at radius 3 is 0.927 bits per heavy atom. The average molecular weight is 1430 g/mol. The van der Waals surface area contributed by atoms with Gasteiger partial charge in [-0.3, -0.25) is 0 Å². The van der Waals surface area contributed by atoms with Gasteiger partial charge in [-0.25, -0.2) is 0 Å². The van der Waals surface area contributed by atoms with Crippen molar-refractivity contribution in [1.29, 1.82) is 0 Å². The molecule has 0 atom stereocenters. The lowest BCUT2D eigenvalue weighted by Crippen LogP contribution is -2.75. The molecule has 5 heteroatoms. The summed E-state index contributed by atoms with van der Waals surface area (Å²) < 4.78 is 2.58. The molecule has 0 fully saturated rings. The Labute approximate surface area is 648 Å². The summed E-state index contributed by atoms with van der Waals surface area (Å²) in [7, 11) is -3.21. The zero-order chi connectivity index (χ0) is 75.7. The third-order valence-corrected chi connectivity index (χ3v) is 28.2. The van der Waals surface area contributed by atoms with Crippen LogP contribution in [0.4, 0.5) is 34.1 Å². The van der Waals surface area contributed by atoms with Crippen molar-refractivity contribution >= 4 is 108 Å². The Morgan fingerprint density at radius 1 is 0.248 bits per heavy atom. The van der Waals surface area contributed by atoms with Crippen molar-refractivity contribution < 1.29 is 0 Å². The van der Waals surface area contributed by atoms with Gasteiger partial charge in [-0.2, -0.15) is 0 Å². The average Bonchev–Trinajstić information content (AvgIpc) is 0.968. The first-order chi connectivity index (χ1) is 52.2. The molecule has 3 heterocycles. The molecule has 0 saturated carbocycles. The van der Waals surface area contributed by atoms with Crippen LogP contribution in [-0.2, 0) is 27.1 Å². The molecular formula is C104H98BN3Si. The fourth-order valence-corrected chi connectivity index (χ4v) is 22.3. The van der Waals surface area contributed by atoms with Crippen molar-refractivity contribution in [3.8, 4) is 50.2 Å².